The highest BCUT2D eigenvalue weighted by molar-refractivity contribution is 5.67. The Bertz CT molecular complexity index is 290. The number of carbonyl (C=O) groups excluding carboxylic acids is 1. The minimum atomic E-state index is -0.455. The minimum Gasteiger partial charge on any atom is -0.444 e. The maximum absolute atomic E-state index is 11.6. The first-order chi connectivity index (χ1) is 9.73. The molecule has 0 aliphatic rings. The lowest BCUT2D eigenvalue weighted by Gasteiger charge is -2.32. The lowest BCUT2D eigenvalue weighted by molar-refractivity contribution is 0.0521. The van der Waals surface area contributed by atoms with E-state index in [1.54, 1.807) is 0 Å². The van der Waals surface area contributed by atoms with Crippen LogP contribution in [0.15, 0.2) is 0 Å². The second-order valence-corrected chi connectivity index (χ2v) is 6.71. The van der Waals surface area contributed by atoms with E-state index in [9.17, 15) is 4.79 Å². The Morgan fingerprint density at radius 2 is 1.95 bits per heavy atom. The van der Waals surface area contributed by atoms with Crippen molar-refractivity contribution < 1.29 is 9.53 Å². The van der Waals surface area contributed by atoms with E-state index in [-0.39, 0.29) is 6.09 Å². The highest BCUT2D eigenvalue weighted by atomic mass is 16.6. The summed E-state index contributed by atoms with van der Waals surface area (Å²) in [5.41, 5.74) is 5.44. The summed E-state index contributed by atoms with van der Waals surface area (Å²) in [6.07, 6.45) is 1.66. The highest BCUT2D eigenvalue weighted by Gasteiger charge is 2.19. The standard InChI is InChI=1S/C16H35N3O2/c1-7-13(3)12-19(8-2)14(11-17)9-10-18-15(20)21-16(4,5)6/h13-14H,7-12,17H2,1-6H3,(H,18,20). The molecule has 1 amide bonds. The van der Waals surface area contributed by atoms with E-state index < -0.39 is 5.60 Å². The van der Waals surface area contributed by atoms with Gasteiger partial charge in [-0.2, -0.15) is 0 Å². The minimum absolute atomic E-state index is 0.305. The highest BCUT2D eigenvalue weighted by Crippen LogP contribution is 2.10. The average molecular weight is 301 g/mol. The number of hydrogen-bond acceptors (Lipinski definition) is 4. The lowest BCUT2D eigenvalue weighted by Crippen LogP contribution is -2.45. The summed E-state index contributed by atoms with van der Waals surface area (Å²) in [6, 6.07) is 0.305. The summed E-state index contributed by atoms with van der Waals surface area (Å²) in [6.45, 7) is 15.5. The SMILES string of the molecule is CCC(C)CN(CC)C(CN)CCNC(=O)OC(C)(C)C. The van der Waals surface area contributed by atoms with Gasteiger partial charge in [0.15, 0.2) is 0 Å². The van der Waals surface area contributed by atoms with E-state index in [1.807, 2.05) is 20.8 Å². The van der Waals surface area contributed by atoms with Crippen molar-refractivity contribution in [1.29, 1.82) is 0 Å². The molecule has 0 fully saturated rings. The molecular weight excluding hydrogens is 266 g/mol. The maximum Gasteiger partial charge on any atom is 0.407 e. The number of nitrogens with one attached hydrogen (secondary N) is 1. The molecule has 2 atom stereocenters. The molecule has 2 unspecified atom stereocenters. The number of rotatable bonds is 9. The maximum atomic E-state index is 11.6. The second-order valence-electron chi connectivity index (χ2n) is 6.71. The van der Waals surface area contributed by atoms with Gasteiger partial charge in [0.05, 0.1) is 0 Å². The Kier molecular flexibility index (Phi) is 9.62. The zero-order chi connectivity index (χ0) is 16.5. The molecule has 0 rings (SSSR count). The van der Waals surface area contributed by atoms with Gasteiger partial charge in [0.25, 0.3) is 0 Å². The molecule has 0 bridgehead atoms. The number of hydrogen-bond donors (Lipinski definition) is 2. The summed E-state index contributed by atoms with van der Waals surface area (Å²) in [4.78, 5) is 14.0. The van der Waals surface area contributed by atoms with Gasteiger partial charge >= 0.3 is 6.09 Å². The molecule has 0 spiro atoms. The third-order valence-electron chi connectivity index (χ3n) is 3.58. The van der Waals surface area contributed by atoms with Crippen LogP contribution in [-0.4, -0.2) is 48.8 Å². The van der Waals surface area contributed by atoms with Crippen LogP contribution in [0.5, 0.6) is 0 Å². The van der Waals surface area contributed by atoms with E-state index >= 15 is 0 Å². The van der Waals surface area contributed by atoms with Crippen molar-refractivity contribution in [3.05, 3.63) is 0 Å². The molecule has 0 aromatic carbocycles. The molecule has 126 valence electrons. The first kappa shape index (κ1) is 20.2. The predicted octanol–water partition coefficient (Wildman–Crippen LogP) is 2.60. The van der Waals surface area contributed by atoms with Crippen LogP contribution in [0.25, 0.3) is 0 Å². The summed E-state index contributed by atoms with van der Waals surface area (Å²) in [7, 11) is 0. The Hall–Kier alpha value is -0.810. The van der Waals surface area contributed by atoms with Crippen molar-refractivity contribution in [3.8, 4) is 0 Å². The van der Waals surface area contributed by atoms with Crippen molar-refractivity contribution in [1.82, 2.24) is 10.2 Å². The molecule has 0 saturated heterocycles. The zero-order valence-electron chi connectivity index (χ0n) is 14.7. The van der Waals surface area contributed by atoms with Gasteiger partial charge in [0.2, 0.25) is 0 Å². The molecule has 0 aromatic rings. The van der Waals surface area contributed by atoms with Gasteiger partial charge in [0, 0.05) is 25.7 Å². The molecule has 0 aliphatic heterocycles. The van der Waals surface area contributed by atoms with Gasteiger partial charge in [0.1, 0.15) is 5.60 Å². The fourth-order valence-corrected chi connectivity index (χ4v) is 2.17. The molecule has 0 aliphatic carbocycles. The molecule has 0 radical (unpaired) electrons. The Morgan fingerprint density at radius 3 is 2.38 bits per heavy atom. The molecule has 21 heavy (non-hydrogen) atoms. The first-order valence-corrected chi connectivity index (χ1v) is 8.14. The van der Waals surface area contributed by atoms with Crippen LogP contribution in [0.2, 0.25) is 0 Å². The number of ether oxygens (including phenoxy) is 1. The van der Waals surface area contributed by atoms with E-state index in [4.69, 9.17) is 10.5 Å². The van der Waals surface area contributed by atoms with Crippen LogP contribution in [-0.2, 0) is 4.74 Å². The number of amides is 1. The van der Waals surface area contributed by atoms with Crippen LogP contribution in [0.4, 0.5) is 4.79 Å². The Balaban J connectivity index is 4.21. The normalized spacial score (nSPS) is 14.9. The number of nitrogens with zero attached hydrogens (tertiary/aromatic N) is 1. The molecule has 0 aromatic heterocycles. The van der Waals surface area contributed by atoms with Gasteiger partial charge < -0.3 is 15.8 Å². The second kappa shape index (κ2) is 10.0. The third-order valence-corrected chi connectivity index (χ3v) is 3.58. The van der Waals surface area contributed by atoms with Gasteiger partial charge in [-0.25, -0.2) is 4.79 Å². The Morgan fingerprint density at radius 1 is 1.33 bits per heavy atom. The molecule has 5 nitrogen and oxygen atoms in total. The van der Waals surface area contributed by atoms with Gasteiger partial charge in [-0.1, -0.05) is 27.2 Å². The van der Waals surface area contributed by atoms with Crippen molar-refractivity contribution in [2.24, 2.45) is 11.7 Å². The first-order valence-electron chi connectivity index (χ1n) is 8.14. The molecule has 3 N–H and O–H groups in total. The van der Waals surface area contributed by atoms with E-state index in [1.165, 1.54) is 6.42 Å². The van der Waals surface area contributed by atoms with Crippen LogP contribution < -0.4 is 11.1 Å². The lowest BCUT2D eigenvalue weighted by atomic mass is 10.1. The van der Waals surface area contributed by atoms with Crippen molar-refractivity contribution >= 4 is 6.09 Å². The smallest absolute Gasteiger partial charge is 0.407 e. The largest absolute Gasteiger partial charge is 0.444 e. The predicted molar refractivity (Wildman–Crippen MR) is 88.4 cm³/mol. The van der Waals surface area contributed by atoms with Gasteiger partial charge in [-0.05, 0) is 39.7 Å². The monoisotopic (exact) mass is 301 g/mol. The summed E-state index contributed by atoms with van der Waals surface area (Å²) < 4.78 is 5.23. The molecule has 0 heterocycles. The fraction of sp³-hybridized carbons (Fsp3) is 0.938. The van der Waals surface area contributed by atoms with Gasteiger partial charge in [-0.3, -0.25) is 4.90 Å². The topological polar surface area (TPSA) is 67.6 Å². The van der Waals surface area contributed by atoms with Crippen molar-refractivity contribution in [2.75, 3.05) is 26.2 Å². The molecule has 5 heteroatoms. The zero-order valence-corrected chi connectivity index (χ0v) is 14.7. The summed E-state index contributed by atoms with van der Waals surface area (Å²) >= 11 is 0. The van der Waals surface area contributed by atoms with E-state index in [2.05, 4.69) is 31.0 Å². The van der Waals surface area contributed by atoms with Crippen LogP contribution >= 0.6 is 0 Å². The average Bonchev–Trinajstić information content (AvgIpc) is 2.39. The number of likely N-dealkylation sites (N-methyl/N-ethyl adjacent to an activating group) is 1. The third kappa shape index (κ3) is 9.69. The summed E-state index contributed by atoms with van der Waals surface area (Å²) in [5, 5.41) is 2.81. The van der Waals surface area contributed by atoms with Crippen molar-refractivity contribution in [2.45, 2.75) is 66.0 Å². The van der Waals surface area contributed by atoms with Crippen LogP contribution in [0, 0.1) is 5.92 Å². The molecule has 0 saturated carbocycles. The van der Waals surface area contributed by atoms with Gasteiger partial charge in [-0.15, -0.1) is 0 Å². The Labute approximate surface area is 130 Å². The number of carbonyl (C=O) groups is 1. The van der Waals surface area contributed by atoms with Crippen LogP contribution in [0.3, 0.4) is 0 Å². The van der Waals surface area contributed by atoms with E-state index in [0.717, 1.165) is 19.5 Å². The van der Waals surface area contributed by atoms with E-state index in [0.29, 0.717) is 25.0 Å². The number of nitrogens with two attached hydrogens (primary N) is 1. The van der Waals surface area contributed by atoms with Crippen LogP contribution in [0.1, 0.15) is 54.4 Å². The fourth-order valence-electron chi connectivity index (χ4n) is 2.17. The van der Waals surface area contributed by atoms with Crippen molar-refractivity contribution in [3.63, 3.8) is 0 Å². The number of alkyl carbamates (subject to hydrolysis) is 1. The molecular formula is C16H35N3O2. The quantitative estimate of drug-likeness (QED) is 0.687. The summed E-state index contributed by atoms with van der Waals surface area (Å²) in [5.74, 6) is 0.665.